The van der Waals surface area contributed by atoms with Crippen molar-refractivity contribution in [3.8, 4) is 5.69 Å². The number of carbonyl (C=O) groups excluding carboxylic acids is 2. The van der Waals surface area contributed by atoms with E-state index in [4.69, 9.17) is 0 Å². The third-order valence-corrected chi connectivity index (χ3v) is 5.63. The Labute approximate surface area is 176 Å². The molecule has 1 N–H and O–H groups in total. The normalized spacial score (nSPS) is 14.5. The molecule has 4 rings (SSSR count). The number of likely N-dealkylation sites (tertiary alicyclic amines) is 1. The summed E-state index contributed by atoms with van der Waals surface area (Å²) >= 11 is 0. The summed E-state index contributed by atoms with van der Waals surface area (Å²) in [6.07, 6.45) is 6.68. The predicted molar refractivity (Wildman–Crippen MR) is 115 cm³/mol. The Kier molecular flexibility index (Phi) is 5.93. The van der Waals surface area contributed by atoms with Gasteiger partial charge in [0.1, 0.15) is 5.69 Å². The number of hydrogen-bond acceptors (Lipinski definition) is 3. The van der Waals surface area contributed by atoms with Crippen molar-refractivity contribution in [3.05, 3.63) is 83.9 Å². The summed E-state index contributed by atoms with van der Waals surface area (Å²) in [5, 5.41) is 3.04. The van der Waals surface area contributed by atoms with E-state index >= 15 is 0 Å². The first kappa shape index (κ1) is 19.9. The van der Waals surface area contributed by atoms with Crippen LogP contribution in [0.3, 0.4) is 0 Å². The largest absolute Gasteiger partial charge is 0.352 e. The van der Waals surface area contributed by atoms with Crippen LogP contribution in [0, 0.1) is 12.8 Å². The van der Waals surface area contributed by atoms with E-state index in [1.807, 2.05) is 71.1 Å². The van der Waals surface area contributed by atoms with Gasteiger partial charge in [0.25, 0.3) is 5.91 Å². The molecule has 0 atom stereocenters. The van der Waals surface area contributed by atoms with Gasteiger partial charge in [-0.15, -0.1) is 0 Å². The van der Waals surface area contributed by atoms with Crippen LogP contribution in [0.25, 0.3) is 5.69 Å². The molecular formula is C24H26N4O2. The molecule has 0 unspecified atom stereocenters. The Morgan fingerprint density at radius 3 is 2.53 bits per heavy atom. The number of pyridine rings is 1. The second-order valence-electron chi connectivity index (χ2n) is 7.74. The standard InChI is InChI=1S/C24H26N4O2/c1-18-6-8-19(9-7-18)16-26-23(29)20-10-14-27(15-11-20)24(30)22-5-3-13-28(22)21-4-2-12-25-17-21/h2-9,12-13,17,20H,10-11,14-16H2,1H3,(H,26,29). The first-order valence-corrected chi connectivity index (χ1v) is 10.3. The lowest BCUT2D eigenvalue weighted by molar-refractivity contribution is -0.126. The molecule has 0 radical (unpaired) electrons. The summed E-state index contributed by atoms with van der Waals surface area (Å²) in [5.74, 6) is 0.00776. The molecule has 1 fully saturated rings. The topological polar surface area (TPSA) is 67.2 Å². The van der Waals surface area contributed by atoms with Crippen LogP contribution in [0.4, 0.5) is 0 Å². The van der Waals surface area contributed by atoms with Gasteiger partial charge < -0.3 is 14.8 Å². The van der Waals surface area contributed by atoms with E-state index in [9.17, 15) is 9.59 Å². The first-order chi connectivity index (χ1) is 14.6. The van der Waals surface area contributed by atoms with Crippen LogP contribution in [0.5, 0.6) is 0 Å². The molecular weight excluding hydrogens is 376 g/mol. The van der Waals surface area contributed by atoms with Gasteiger partial charge in [-0.3, -0.25) is 14.6 Å². The summed E-state index contributed by atoms with van der Waals surface area (Å²) in [7, 11) is 0. The van der Waals surface area contributed by atoms with Crippen LogP contribution in [-0.2, 0) is 11.3 Å². The van der Waals surface area contributed by atoms with Crippen LogP contribution in [0.1, 0.15) is 34.5 Å². The van der Waals surface area contributed by atoms with Gasteiger partial charge in [-0.25, -0.2) is 0 Å². The molecule has 3 heterocycles. The molecule has 154 valence electrons. The fourth-order valence-corrected chi connectivity index (χ4v) is 3.82. The lowest BCUT2D eigenvalue weighted by atomic mass is 9.95. The minimum atomic E-state index is -0.0513. The van der Waals surface area contributed by atoms with Crippen molar-refractivity contribution in [1.82, 2.24) is 19.8 Å². The number of rotatable bonds is 5. The molecule has 1 saturated heterocycles. The minimum Gasteiger partial charge on any atom is -0.352 e. The predicted octanol–water partition coefficient (Wildman–Crippen LogP) is 3.35. The number of benzene rings is 1. The van der Waals surface area contributed by atoms with Crippen molar-refractivity contribution in [2.45, 2.75) is 26.3 Å². The van der Waals surface area contributed by atoms with Gasteiger partial charge in [0.2, 0.25) is 5.91 Å². The van der Waals surface area contributed by atoms with E-state index in [0.29, 0.717) is 38.2 Å². The van der Waals surface area contributed by atoms with Crippen molar-refractivity contribution in [2.75, 3.05) is 13.1 Å². The molecule has 1 aromatic carbocycles. The van der Waals surface area contributed by atoms with Crippen LogP contribution < -0.4 is 5.32 Å². The molecule has 0 spiro atoms. The molecule has 6 nitrogen and oxygen atoms in total. The van der Waals surface area contributed by atoms with Crippen molar-refractivity contribution in [2.24, 2.45) is 5.92 Å². The van der Waals surface area contributed by atoms with Crippen molar-refractivity contribution in [1.29, 1.82) is 0 Å². The number of nitrogens with one attached hydrogen (secondary N) is 1. The molecule has 3 aromatic rings. The summed E-state index contributed by atoms with van der Waals surface area (Å²) in [6.45, 7) is 3.75. The first-order valence-electron chi connectivity index (χ1n) is 10.3. The lowest BCUT2D eigenvalue weighted by Crippen LogP contribution is -2.43. The van der Waals surface area contributed by atoms with Crippen molar-refractivity contribution in [3.63, 3.8) is 0 Å². The highest BCUT2D eigenvalue weighted by Gasteiger charge is 2.28. The molecule has 0 aliphatic carbocycles. The summed E-state index contributed by atoms with van der Waals surface area (Å²) in [5.41, 5.74) is 3.77. The average molecular weight is 402 g/mol. The van der Waals surface area contributed by atoms with Gasteiger partial charge in [-0.2, -0.15) is 0 Å². The van der Waals surface area contributed by atoms with Crippen LogP contribution in [0.15, 0.2) is 67.1 Å². The Morgan fingerprint density at radius 1 is 1.07 bits per heavy atom. The van der Waals surface area contributed by atoms with Crippen LogP contribution >= 0.6 is 0 Å². The summed E-state index contributed by atoms with van der Waals surface area (Å²) < 4.78 is 1.86. The van der Waals surface area contributed by atoms with Gasteiger partial charge >= 0.3 is 0 Å². The SMILES string of the molecule is Cc1ccc(CNC(=O)C2CCN(C(=O)c3cccn3-c3cccnc3)CC2)cc1. The number of carbonyl (C=O) groups is 2. The number of amides is 2. The van der Waals surface area contributed by atoms with E-state index in [-0.39, 0.29) is 17.7 Å². The highest BCUT2D eigenvalue weighted by molar-refractivity contribution is 5.93. The van der Waals surface area contributed by atoms with E-state index in [1.54, 1.807) is 12.4 Å². The van der Waals surface area contributed by atoms with Crippen molar-refractivity contribution >= 4 is 11.8 Å². The Balaban J connectivity index is 1.32. The van der Waals surface area contributed by atoms with Gasteiger partial charge in [-0.05, 0) is 49.6 Å². The summed E-state index contributed by atoms with van der Waals surface area (Å²) in [6, 6.07) is 15.6. The van der Waals surface area contributed by atoms with Crippen molar-refractivity contribution < 1.29 is 9.59 Å². The van der Waals surface area contributed by atoms with Crippen LogP contribution in [-0.4, -0.2) is 39.4 Å². The monoisotopic (exact) mass is 402 g/mol. The second-order valence-corrected chi connectivity index (χ2v) is 7.74. The molecule has 0 saturated carbocycles. The highest BCUT2D eigenvalue weighted by Crippen LogP contribution is 2.21. The number of aryl methyl sites for hydroxylation is 1. The minimum absolute atomic E-state index is 0.0117. The Hall–Kier alpha value is -3.41. The Morgan fingerprint density at radius 2 is 1.83 bits per heavy atom. The number of hydrogen-bond donors (Lipinski definition) is 1. The third-order valence-electron chi connectivity index (χ3n) is 5.63. The fraction of sp³-hybridized carbons (Fsp3) is 0.292. The molecule has 0 bridgehead atoms. The molecule has 2 amide bonds. The van der Waals surface area contributed by atoms with Crippen LogP contribution in [0.2, 0.25) is 0 Å². The lowest BCUT2D eigenvalue weighted by Gasteiger charge is -2.31. The average Bonchev–Trinajstić information content (AvgIpc) is 3.29. The number of nitrogens with zero attached hydrogens (tertiary/aromatic N) is 3. The van der Waals surface area contributed by atoms with Gasteiger partial charge in [0, 0.05) is 37.9 Å². The van der Waals surface area contributed by atoms with Gasteiger partial charge in [0.05, 0.1) is 11.9 Å². The Bertz CT molecular complexity index is 1000. The smallest absolute Gasteiger partial charge is 0.270 e. The van der Waals surface area contributed by atoms with Gasteiger partial charge in [0.15, 0.2) is 0 Å². The fourth-order valence-electron chi connectivity index (χ4n) is 3.82. The third kappa shape index (κ3) is 4.43. The summed E-state index contributed by atoms with van der Waals surface area (Å²) in [4.78, 5) is 31.6. The van der Waals surface area contributed by atoms with E-state index < -0.39 is 0 Å². The molecule has 1 aliphatic rings. The van der Waals surface area contributed by atoms with E-state index in [0.717, 1.165) is 11.3 Å². The number of piperidine rings is 1. The molecule has 2 aromatic heterocycles. The molecule has 30 heavy (non-hydrogen) atoms. The zero-order valence-corrected chi connectivity index (χ0v) is 17.1. The quantitative estimate of drug-likeness (QED) is 0.712. The zero-order chi connectivity index (χ0) is 20.9. The molecule has 6 heteroatoms. The maximum Gasteiger partial charge on any atom is 0.270 e. The maximum absolute atomic E-state index is 13.1. The van der Waals surface area contributed by atoms with E-state index in [2.05, 4.69) is 10.3 Å². The number of aromatic nitrogens is 2. The maximum atomic E-state index is 13.1. The van der Waals surface area contributed by atoms with E-state index in [1.165, 1.54) is 5.56 Å². The second kappa shape index (κ2) is 8.95. The molecule has 1 aliphatic heterocycles. The zero-order valence-electron chi connectivity index (χ0n) is 17.1. The van der Waals surface area contributed by atoms with Gasteiger partial charge in [-0.1, -0.05) is 29.8 Å². The highest BCUT2D eigenvalue weighted by atomic mass is 16.2.